The molecule has 0 aliphatic heterocycles. The summed E-state index contributed by atoms with van der Waals surface area (Å²) in [6.45, 7) is 0.136. The lowest BCUT2D eigenvalue weighted by Gasteiger charge is -2.25. The Morgan fingerprint density at radius 1 is 0.914 bits per heavy atom. The zero-order chi connectivity index (χ0) is 24.9. The number of aryl methyl sites for hydroxylation is 1. The maximum absolute atomic E-state index is 12.9. The van der Waals surface area contributed by atoms with Gasteiger partial charge in [-0.3, -0.25) is 4.90 Å². The van der Waals surface area contributed by atoms with Crippen molar-refractivity contribution in [2.45, 2.75) is 24.8 Å². The number of ether oxygens (including phenoxy) is 3. The van der Waals surface area contributed by atoms with E-state index < -0.39 is 18.1 Å². The predicted molar refractivity (Wildman–Crippen MR) is 132 cm³/mol. The highest BCUT2D eigenvalue weighted by Gasteiger charge is 2.31. The molecule has 0 saturated carbocycles. The SMILES string of the molecule is COc1cc(CC[C@@H](C(=O)O)N(C)C(=O)OCC2c3ccccc3-c3ccccc32)cc(OC)c1. The maximum Gasteiger partial charge on any atom is 0.410 e. The second kappa shape index (κ2) is 10.5. The molecule has 1 aliphatic rings. The van der Waals surface area contributed by atoms with Crippen molar-refractivity contribution >= 4 is 12.1 Å². The number of carbonyl (C=O) groups is 2. The van der Waals surface area contributed by atoms with Crippen LogP contribution in [0.15, 0.2) is 66.7 Å². The first-order valence-corrected chi connectivity index (χ1v) is 11.5. The van der Waals surface area contributed by atoms with Crippen LogP contribution in [0.3, 0.4) is 0 Å². The summed E-state index contributed by atoms with van der Waals surface area (Å²) < 4.78 is 16.2. The van der Waals surface area contributed by atoms with E-state index >= 15 is 0 Å². The molecule has 1 aliphatic carbocycles. The van der Waals surface area contributed by atoms with E-state index in [4.69, 9.17) is 14.2 Å². The van der Waals surface area contributed by atoms with Crippen LogP contribution < -0.4 is 9.47 Å². The first kappa shape index (κ1) is 24.1. The summed E-state index contributed by atoms with van der Waals surface area (Å²) >= 11 is 0. The van der Waals surface area contributed by atoms with E-state index in [0.29, 0.717) is 17.9 Å². The van der Waals surface area contributed by atoms with Crippen molar-refractivity contribution in [3.05, 3.63) is 83.4 Å². The first-order valence-electron chi connectivity index (χ1n) is 11.5. The van der Waals surface area contributed by atoms with Crippen molar-refractivity contribution in [1.82, 2.24) is 4.90 Å². The average Bonchev–Trinajstić information content (AvgIpc) is 3.20. The highest BCUT2D eigenvalue weighted by atomic mass is 16.6. The van der Waals surface area contributed by atoms with Crippen LogP contribution in [-0.2, 0) is 16.0 Å². The van der Waals surface area contributed by atoms with Crippen molar-refractivity contribution in [1.29, 1.82) is 0 Å². The van der Waals surface area contributed by atoms with E-state index in [0.717, 1.165) is 32.7 Å². The minimum atomic E-state index is -1.09. The summed E-state index contributed by atoms with van der Waals surface area (Å²) in [5.41, 5.74) is 5.33. The number of fused-ring (bicyclic) bond motifs is 3. The fraction of sp³-hybridized carbons (Fsp3) is 0.286. The Kier molecular flexibility index (Phi) is 7.25. The van der Waals surface area contributed by atoms with Crippen LogP contribution in [0, 0.1) is 0 Å². The number of aliphatic carboxylic acids is 1. The molecule has 182 valence electrons. The normalized spacial score (nSPS) is 12.9. The Hall–Kier alpha value is -4.00. The van der Waals surface area contributed by atoms with E-state index in [1.54, 1.807) is 20.3 Å². The van der Waals surface area contributed by atoms with E-state index in [2.05, 4.69) is 12.1 Å². The Labute approximate surface area is 204 Å². The molecule has 1 N–H and O–H groups in total. The Balaban J connectivity index is 1.43. The largest absolute Gasteiger partial charge is 0.497 e. The number of carboxylic acids is 1. The lowest BCUT2D eigenvalue weighted by Crippen LogP contribution is -2.43. The first-order chi connectivity index (χ1) is 16.9. The zero-order valence-corrected chi connectivity index (χ0v) is 20.1. The highest BCUT2D eigenvalue weighted by molar-refractivity contribution is 5.81. The summed E-state index contributed by atoms with van der Waals surface area (Å²) in [4.78, 5) is 26.0. The van der Waals surface area contributed by atoms with E-state index in [1.807, 2.05) is 48.5 Å². The monoisotopic (exact) mass is 475 g/mol. The fourth-order valence-electron chi connectivity index (χ4n) is 4.62. The molecule has 3 aromatic carbocycles. The molecular weight excluding hydrogens is 446 g/mol. The van der Waals surface area contributed by atoms with E-state index in [1.165, 1.54) is 7.05 Å². The second-order valence-electron chi connectivity index (χ2n) is 8.53. The van der Waals surface area contributed by atoms with Gasteiger partial charge >= 0.3 is 12.1 Å². The van der Waals surface area contributed by atoms with Crippen molar-refractivity contribution in [2.75, 3.05) is 27.9 Å². The predicted octanol–water partition coefficient (Wildman–Crippen LogP) is 4.97. The third-order valence-electron chi connectivity index (χ3n) is 6.49. The number of hydrogen-bond donors (Lipinski definition) is 1. The van der Waals surface area contributed by atoms with Crippen LogP contribution in [0.5, 0.6) is 11.5 Å². The summed E-state index contributed by atoms with van der Waals surface area (Å²) in [5, 5.41) is 9.81. The fourth-order valence-corrected chi connectivity index (χ4v) is 4.62. The van der Waals surface area contributed by atoms with Crippen molar-refractivity contribution in [3.8, 4) is 22.6 Å². The van der Waals surface area contributed by atoms with Gasteiger partial charge in [0.1, 0.15) is 24.1 Å². The molecule has 7 nitrogen and oxygen atoms in total. The van der Waals surface area contributed by atoms with Crippen molar-refractivity contribution in [2.24, 2.45) is 0 Å². The number of benzene rings is 3. The van der Waals surface area contributed by atoms with Crippen LogP contribution in [0.2, 0.25) is 0 Å². The number of nitrogens with zero attached hydrogens (tertiary/aromatic N) is 1. The molecule has 0 saturated heterocycles. The summed E-state index contributed by atoms with van der Waals surface area (Å²) in [7, 11) is 4.58. The van der Waals surface area contributed by atoms with Crippen LogP contribution in [-0.4, -0.2) is 56.0 Å². The number of methoxy groups -OCH3 is 2. The lowest BCUT2D eigenvalue weighted by molar-refractivity contribution is -0.142. The molecule has 0 spiro atoms. The van der Waals surface area contributed by atoms with Gasteiger partial charge in [0.25, 0.3) is 0 Å². The minimum absolute atomic E-state index is 0.0905. The molecule has 0 bridgehead atoms. The molecule has 0 fully saturated rings. The molecule has 0 heterocycles. The third-order valence-corrected chi connectivity index (χ3v) is 6.49. The van der Waals surface area contributed by atoms with Gasteiger partial charge in [-0.15, -0.1) is 0 Å². The zero-order valence-electron chi connectivity index (χ0n) is 20.1. The number of likely N-dealkylation sites (N-methyl/N-ethyl adjacent to an activating group) is 1. The van der Waals surface area contributed by atoms with Gasteiger partial charge in [0.2, 0.25) is 0 Å². The minimum Gasteiger partial charge on any atom is -0.497 e. The van der Waals surface area contributed by atoms with Gasteiger partial charge in [0.05, 0.1) is 14.2 Å². The maximum atomic E-state index is 12.9. The van der Waals surface area contributed by atoms with Gasteiger partial charge in [0, 0.05) is 19.0 Å². The molecule has 0 radical (unpaired) electrons. The van der Waals surface area contributed by atoms with Gasteiger partial charge in [-0.2, -0.15) is 0 Å². The molecule has 1 atom stereocenters. The Bertz CT molecular complexity index is 1160. The quantitative estimate of drug-likeness (QED) is 0.470. The van der Waals surface area contributed by atoms with E-state index in [9.17, 15) is 14.7 Å². The topological polar surface area (TPSA) is 85.3 Å². The molecule has 3 aromatic rings. The van der Waals surface area contributed by atoms with Gasteiger partial charge in [-0.1, -0.05) is 48.5 Å². The van der Waals surface area contributed by atoms with Crippen LogP contribution in [0.4, 0.5) is 4.79 Å². The molecule has 1 amide bonds. The van der Waals surface area contributed by atoms with Crippen LogP contribution >= 0.6 is 0 Å². The van der Waals surface area contributed by atoms with E-state index in [-0.39, 0.29) is 18.9 Å². The number of rotatable bonds is 9. The molecule has 0 unspecified atom stereocenters. The average molecular weight is 476 g/mol. The number of carboxylic acid groups (broad SMARTS) is 1. The molecule has 0 aromatic heterocycles. The number of hydrogen-bond acceptors (Lipinski definition) is 5. The standard InChI is InChI=1S/C28H29NO6/c1-29(26(27(30)31)13-12-18-14-19(33-2)16-20(15-18)34-3)28(32)35-17-25-23-10-6-4-8-21(23)22-9-5-7-11-24(22)25/h4-11,14-16,25-26H,12-13,17H2,1-3H3,(H,30,31)/t26-/m0/s1. The molecule has 7 heteroatoms. The number of amides is 1. The van der Waals surface area contributed by atoms with Crippen molar-refractivity contribution < 1.29 is 28.9 Å². The summed E-state index contributed by atoms with van der Waals surface area (Å²) in [5.74, 6) is 0.0652. The van der Waals surface area contributed by atoms with Crippen LogP contribution in [0.1, 0.15) is 29.0 Å². The third kappa shape index (κ3) is 5.09. The lowest BCUT2D eigenvalue weighted by atomic mass is 9.98. The second-order valence-corrected chi connectivity index (χ2v) is 8.53. The van der Waals surface area contributed by atoms with Gasteiger partial charge < -0.3 is 19.3 Å². The number of carbonyl (C=O) groups excluding carboxylic acids is 1. The summed E-state index contributed by atoms with van der Waals surface area (Å²) in [6, 6.07) is 20.5. The van der Waals surface area contributed by atoms with Gasteiger partial charge in [-0.05, 0) is 52.8 Å². The Morgan fingerprint density at radius 3 is 1.97 bits per heavy atom. The summed E-state index contributed by atoms with van der Waals surface area (Å²) in [6.07, 6.45) is -0.0276. The Morgan fingerprint density at radius 2 is 1.46 bits per heavy atom. The van der Waals surface area contributed by atoms with Crippen molar-refractivity contribution in [3.63, 3.8) is 0 Å². The molecule has 4 rings (SSSR count). The molecule has 35 heavy (non-hydrogen) atoms. The van der Waals surface area contributed by atoms with Gasteiger partial charge in [0.15, 0.2) is 0 Å². The van der Waals surface area contributed by atoms with Crippen LogP contribution in [0.25, 0.3) is 11.1 Å². The van der Waals surface area contributed by atoms with Gasteiger partial charge in [-0.25, -0.2) is 9.59 Å². The highest BCUT2D eigenvalue weighted by Crippen LogP contribution is 2.44. The smallest absolute Gasteiger partial charge is 0.410 e. The molecular formula is C28H29NO6.